The van der Waals surface area contributed by atoms with Gasteiger partial charge in [-0.2, -0.15) is 5.10 Å². The maximum atomic E-state index is 12.4. The maximum Gasteiger partial charge on any atom is 0.234 e. The van der Waals surface area contributed by atoms with E-state index in [2.05, 4.69) is 32.5 Å². The van der Waals surface area contributed by atoms with Gasteiger partial charge in [-0.05, 0) is 43.5 Å². The molecule has 1 aliphatic rings. The summed E-state index contributed by atoms with van der Waals surface area (Å²) >= 11 is 1.41. The van der Waals surface area contributed by atoms with Crippen LogP contribution in [0.5, 0.6) is 0 Å². The lowest BCUT2D eigenvalue weighted by atomic mass is 10.1. The van der Waals surface area contributed by atoms with Crippen LogP contribution in [0, 0.1) is 6.92 Å². The molecule has 1 saturated heterocycles. The minimum absolute atomic E-state index is 0.0354. The third kappa shape index (κ3) is 4.06. The number of amides is 1. The summed E-state index contributed by atoms with van der Waals surface area (Å²) in [4.78, 5) is 14.8. The number of fused-ring (bicyclic) bond motifs is 1. The van der Waals surface area contributed by atoms with Gasteiger partial charge in [-0.25, -0.2) is 0 Å². The molecule has 0 saturated carbocycles. The fourth-order valence-corrected chi connectivity index (χ4v) is 4.17. The largest absolute Gasteiger partial charge is 0.372 e. The molecule has 2 heterocycles. The average Bonchev–Trinajstić information content (AvgIpc) is 3.23. The summed E-state index contributed by atoms with van der Waals surface area (Å²) in [5.41, 5.74) is 3.19. The van der Waals surface area contributed by atoms with Gasteiger partial charge in [0, 0.05) is 35.2 Å². The number of nitrogens with zero attached hydrogens (tertiary/aromatic N) is 3. The minimum atomic E-state index is -0.0354. The lowest BCUT2D eigenvalue weighted by Crippen LogP contribution is -2.18. The highest BCUT2D eigenvalue weighted by molar-refractivity contribution is 8.00. The SMILES string of the molecule is Cc1cc(N2CCCC2)ccc1NC(=O)CSc1nncc2ccccc12. The van der Waals surface area contributed by atoms with E-state index in [1.807, 2.05) is 37.3 Å². The molecule has 0 atom stereocenters. The molecule has 0 radical (unpaired) electrons. The molecule has 1 aliphatic heterocycles. The van der Waals surface area contributed by atoms with E-state index in [4.69, 9.17) is 0 Å². The van der Waals surface area contributed by atoms with Gasteiger partial charge in [0.05, 0.1) is 11.9 Å². The van der Waals surface area contributed by atoms with Gasteiger partial charge in [0.15, 0.2) is 0 Å². The van der Waals surface area contributed by atoms with Gasteiger partial charge in [0.25, 0.3) is 0 Å². The predicted molar refractivity (Wildman–Crippen MR) is 112 cm³/mol. The molecule has 5 nitrogen and oxygen atoms in total. The van der Waals surface area contributed by atoms with Crippen LogP contribution in [0.2, 0.25) is 0 Å². The minimum Gasteiger partial charge on any atom is -0.372 e. The molecular formula is C21H22N4OS. The molecule has 1 amide bonds. The highest BCUT2D eigenvalue weighted by Gasteiger charge is 2.14. The van der Waals surface area contributed by atoms with Crippen molar-refractivity contribution in [2.75, 3.05) is 29.1 Å². The van der Waals surface area contributed by atoms with E-state index in [0.29, 0.717) is 5.75 Å². The number of hydrogen-bond donors (Lipinski definition) is 1. The van der Waals surface area contributed by atoms with E-state index >= 15 is 0 Å². The number of thioether (sulfide) groups is 1. The molecular weight excluding hydrogens is 356 g/mol. The normalized spacial score (nSPS) is 13.9. The molecule has 0 spiro atoms. The monoisotopic (exact) mass is 378 g/mol. The van der Waals surface area contributed by atoms with Crippen molar-refractivity contribution in [2.24, 2.45) is 0 Å². The van der Waals surface area contributed by atoms with Crippen molar-refractivity contribution in [2.45, 2.75) is 24.8 Å². The van der Waals surface area contributed by atoms with Crippen LogP contribution in [0.15, 0.2) is 53.7 Å². The maximum absolute atomic E-state index is 12.4. The number of aryl methyl sites for hydroxylation is 1. The van der Waals surface area contributed by atoms with Crippen LogP contribution in [-0.4, -0.2) is 34.9 Å². The molecule has 0 unspecified atom stereocenters. The van der Waals surface area contributed by atoms with Crippen LogP contribution >= 0.6 is 11.8 Å². The fraction of sp³-hybridized carbons (Fsp3) is 0.286. The Kier molecular flexibility index (Phi) is 5.25. The zero-order valence-corrected chi connectivity index (χ0v) is 16.1. The number of benzene rings is 2. The lowest BCUT2D eigenvalue weighted by molar-refractivity contribution is -0.113. The molecule has 27 heavy (non-hydrogen) atoms. The van der Waals surface area contributed by atoms with Gasteiger partial charge < -0.3 is 10.2 Å². The first-order valence-electron chi connectivity index (χ1n) is 9.19. The number of aromatic nitrogens is 2. The first kappa shape index (κ1) is 17.8. The highest BCUT2D eigenvalue weighted by Crippen LogP contribution is 2.27. The Bertz CT molecular complexity index is 964. The van der Waals surface area contributed by atoms with Crippen LogP contribution in [0.3, 0.4) is 0 Å². The van der Waals surface area contributed by atoms with Crippen molar-refractivity contribution in [3.05, 3.63) is 54.2 Å². The topological polar surface area (TPSA) is 58.1 Å². The Morgan fingerprint density at radius 1 is 1.19 bits per heavy atom. The molecule has 1 N–H and O–H groups in total. The third-order valence-corrected chi connectivity index (χ3v) is 5.81. The van der Waals surface area contributed by atoms with E-state index < -0.39 is 0 Å². The van der Waals surface area contributed by atoms with Crippen LogP contribution in [0.4, 0.5) is 11.4 Å². The molecule has 1 aromatic heterocycles. The van der Waals surface area contributed by atoms with E-state index in [1.165, 1.54) is 30.3 Å². The second kappa shape index (κ2) is 7.96. The average molecular weight is 379 g/mol. The van der Waals surface area contributed by atoms with Crippen molar-refractivity contribution >= 4 is 39.8 Å². The van der Waals surface area contributed by atoms with Crippen molar-refractivity contribution in [3.63, 3.8) is 0 Å². The van der Waals surface area contributed by atoms with E-state index in [0.717, 1.165) is 40.1 Å². The van der Waals surface area contributed by atoms with Gasteiger partial charge in [0.1, 0.15) is 5.03 Å². The molecule has 2 aromatic carbocycles. The van der Waals surface area contributed by atoms with E-state index in [-0.39, 0.29) is 5.91 Å². The predicted octanol–water partition coefficient (Wildman–Crippen LogP) is 4.27. The summed E-state index contributed by atoms with van der Waals surface area (Å²) in [6.45, 7) is 4.28. The smallest absolute Gasteiger partial charge is 0.234 e. The Hall–Kier alpha value is -2.60. The van der Waals surface area contributed by atoms with Crippen molar-refractivity contribution < 1.29 is 4.79 Å². The van der Waals surface area contributed by atoms with Gasteiger partial charge in [-0.1, -0.05) is 36.0 Å². The quantitative estimate of drug-likeness (QED) is 0.672. The molecule has 138 valence electrons. The number of hydrogen-bond acceptors (Lipinski definition) is 5. The van der Waals surface area contributed by atoms with E-state index in [9.17, 15) is 4.79 Å². The number of carbonyl (C=O) groups excluding carboxylic acids is 1. The molecule has 0 aliphatic carbocycles. The summed E-state index contributed by atoms with van der Waals surface area (Å²) in [5, 5.41) is 14.1. The first-order valence-corrected chi connectivity index (χ1v) is 10.2. The number of anilines is 2. The second-order valence-corrected chi connectivity index (χ2v) is 7.73. The van der Waals surface area contributed by atoms with Crippen molar-refractivity contribution in [1.29, 1.82) is 0 Å². The fourth-order valence-electron chi connectivity index (χ4n) is 3.39. The number of carbonyl (C=O) groups is 1. The molecule has 6 heteroatoms. The molecule has 4 rings (SSSR count). The third-order valence-electron chi connectivity index (χ3n) is 4.83. The molecule has 1 fully saturated rings. The molecule has 0 bridgehead atoms. The number of nitrogens with one attached hydrogen (secondary N) is 1. The van der Waals surface area contributed by atoms with Crippen LogP contribution < -0.4 is 10.2 Å². The van der Waals surface area contributed by atoms with Crippen molar-refractivity contribution in [3.8, 4) is 0 Å². The Balaban J connectivity index is 1.40. The lowest BCUT2D eigenvalue weighted by Gasteiger charge is -2.19. The summed E-state index contributed by atoms with van der Waals surface area (Å²) in [6.07, 6.45) is 4.25. The Labute approximate surface area is 163 Å². The van der Waals surface area contributed by atoms with Gasteiger partial charge in [-0.15, -0.1) is 5.10 Å². The second-order valence-electron chi connectivity index (χ2n) is 6.77. The zero-order chi connectivity index (χ0) is 18.6. The van der Waals surface area contributed by atoms with Gasteiger partial charge in [0.2, 0.25) is 5.91 Å². The summed E-state index contributed by atoms with van der Waals surface area (Å²) < 4.78 is 0. The van der Waals surface area contributed by atoms with Crippen LogP contribution in [0.1, 0.15) is 18.4 Å². The van der Waals surface area contributed by atoms with Crippen LogP contribution in [-0.2, 0) is 4.79 Å². The summed E-state index contributed by atoms with van der Waals surface area (Å²) in [5.74, 6) is 0.266. The number of rotatable bonds is 5. The Morgan fingerprint density at radius 2 is 2.00 bits per heavy atom. The standard InChI is InChI=1S/C21H22N4OS/c1-15-12-17(25-10-4-5-11-25)8-9-19(15)23-20(26)14-27-21-18-7-3-2-6-16(18)13-22-24-21/h2-3,6-9,12-13H,4-5,10-11,14H2,1H3,(H,23,26). The summed E-state index contributed by atoms with van der Waals surface area (Å²) in [6, 6.07) is 14.2. The van der Waals surface area contributed by atoms with E-state index in [1.54, 1.807) is 6.20 Å². The van der Waals surface area contributed by atoms with Crippen molar-refractivity contribution in [1.82, 2.24) is 10.2 Å². The molecule has 3 aromatic rings. The van der Waals surface area contributed by atoms with Gasteiger partial charge in [-0.3, -0.25) is 4.79 Å². The highest BCUT2D eigenvalue weighted by atomic mass is 32.2. The first-order chi connectivity index (χ1) is 13.2. The Morgan fingerprint density at radius 3 is 2.81 bits per heavy atom. The van der Waals surface area contributed by atoms with Crippen LogP contribution in [0.25, 0.3) is 10.8 Å². The van der Waals surface area contributed by atoms with Gasteiger partial charge >= 0.3 is 0 Å². The summed E-state index contributed by atoms with van der Waals surface area (Å²) in [7, 11) is 0. The zero-order valence-electron chi connectivity index (χ0n) is 15.3.